The Morgan fingerprint density at radius 1 is 1.25 bits per heavy atom. The smallest absolute Gasteiger partial charge is 0.317 e. The fraction of sp³-hybridized carbons (Fsp3) is 0.632. The second kappa shape index (κ2) is 8.49. The van der Waals surface area contributed by atoms with Gasteiger partial charge in [0.15, 0.2) is 0 Å². The van der Waals surface area contributed by atoms with Gasteiger partial charge in [0.1, 0.15) is 0 Å². The van der Waals surface area contributed by atoms with Gasteiger partial charge in [-0.15, -0.1) is 0 Å². The van der Waals surface area contributed by atoms with Gasteiger partial charge >= 0.3 is 6.03 Å². The Kier molecular flexibility index (Phi) is 6.10. The number of urea groups is 1. The Bertz CT molecular complexity index is 517. The number of hydrogen-bond acceptors (Lipinski definition) is 3. The van der Waals surface area contributed by atoms with Gasteiger partial charge in [0.2, 0.25) is 0 Å². The van der Waals surface area contributed by atoms with Crippen LogP contribution in [0.15, 0.2) is 30.3 Å². The van der Waals surface area contributed by atoms with Gasteiger partial charge in [-0.25, -0.2) is 4.79 Å². The topological polar surface area (TPSA) is 44.8 Å². The lowest BCUT2D eigenvalue weighted by atomic mass is 9.99. The summed E-state index contributed by atoms with van der Waals surface area (Å²) in [6.07, 6.45) is 3.09. The van der Waals surface area contributed by atoms with Gasteiger partial charge < -0.3 is 19.9 Å². The molecule has 1 atom stereocenters. The standard InChI is InChI=1S/C19H29N3O2/c1-21(18-8-13-24-14-9-18)19(23)20-10-12-22-11-7-17(15-22)16-5-3-2-4-6-16/h2-6,17-18H,7-15H2,1H3,(H,20,23). The summed E-state index contributed by atoms with van der Waals surface area (Å²) in [6, 6.07) is 11.1. The number of likely N-dealkylation sites (tertiary alicyclic amines) is 1. The number of amides is 2. The molecule has 1 N–H and O–H groups in total. The van der Waals surface area contributed by atoms with Crippen molar-refractivity contribution in [2.24, 2.45) is 0 Å². The first kappa shape index (κ1) is 17.2. The van der Waals surface area contributed by atoms with Crippen LogP contribution in [0.1, 0.15) is 30.7 Å². The maximum absolute atomic E-state index is 12.3. The number of benzene rings is 1. The highest BCUT2D eigenvalue weighted by molar-refractivity contribution is 5.74. The van der Waals surface area contributed by atoms with E-state index in [-0.39, 0.29) is 6.03 Å². The molecule has 132 valence electrons. The predicted molar refractivity (Wildman–Crippen MR) is 95.2 cm³/mol. The van der Waals surface area contributed by atoms with Crippen molar-refractivity contribution in [3.8, 4) is 0 Å². The van der Waals surface area contributed by atoms with Crippen molar-refractivity contribution in [1.29, 1.82) is 0 Å². The summed E-state index contributed by atoms with van der Waals surface area (Å²) in [7, 11) is 1.90. The summed E-state index contributed by atoms with van der Waals surface area (Å²) in [5.74, 6) is 0.631. The van der Waals surface area contributed by atoms with Gasteiger partial charge in [0.05, 0.1) is 0 Å². The second-order valence-corrected chi connectivity index (χ2v) is 6.88. The van der Waals surface area contributed by atoms with Crippen LogP contribution in [0.4, 0.5) is 4.79 Å². The molecule has 2 heterocycles. The molecule has 5 nitrogen and oxygen atoms in total. The molecule has 0 saturated carbocycles. The Balaban J connectivity index is 1.37. The lowest BCUT2D eigenvalue weighted by molar-refractivity contribution is 0.0525. The minimum absolute atomic E-state index is 0.0423. The number of carbonyl (C=O) groups excluding carboxylic acids is 1. The summed E-state index contributed by atoms with van der Waals surface area (Å²) >= 11 is 0. The van der Waals surface area contributed by atoms with E-state index >= 15 is 0 Å². The van der Waals surface area contributed by atoms with Crippen LogP contribution in [0.2, 0.25) is 0 Å². The monoisotopic (exact) mass is 331 g/mol. The summed E-state index contributed by atoms with van der Waals surface area (Å²) < 4.78 is 5.36. The lowest BCUT2D eigenvalue weighted by Gasteiger charge is -2.31. The van der Waals surface area contributed by atoms with E-state index in [0.717, 1.165) is 45.7 Å². The van der Waals surface area contributed by atoms with Gasteiger partial charge in [-0.3, -0.25) is 0 Å². The molecule has 24 heavy (non-hydrogen) atoms. The first-order valence-electron chi connectivity index (χ1n) is 9.10. The van der Waals surface area contributed by atoms with E-state index in [0.29, 0.717) is 18.5 Å². The summed E-state index contributed by atoms with van der Waals surface area (Å²) in [4.78, 5) is 16.6. The molecule has 1 unspecified atom stereocenters. The third kappa shape index (κ3) is 4.48. The average molecular weight is 331 g/mol. The van der Waals surface area contributed by atoms with Crippen molar-refractivity contribution < 1.29 is 9.53 Å². The molecule has 2 fully saturated rings. The Labute approximate surface area is 145 Å². The summed E-state index contributed by atoms with van der Waals surface area (Å²) in [6.45, 7) is 5.37. The molecule has 2 saturated heterocycles. The van der Waals surface area contributed by atoms with Crippen LogP contribution < -0.4 is 5.32 Å². The molecule has 1 aromatic rings. The van der Waals surface area contributed by atoms with E-state index in [9.17, 15) is 4.79 Å². The fourth-order valence-corrected chi connectivity index (χ4v) is 3.72. The lowest BCUT2D eigenvalue weighted by Crippen LogP contribution is -2.47. The van der Waals surface area contributed by atoms with Gasteiger partial charge in [-0.1, -0.05) is 30.3 Å². The van der Waals surface area contributed by atoms with Crippen LogP contribution in [-0.2, 0) is 4.74 Å². The first-order chi connectivity index (χ1) is 11.7. The highest BCUT2D eigenvalue weighted by Crippen LogP contribution is 2.26. The molecule has 2 aliphatic rings. The van der Waals surface area contributed by atoms with E-state index in [1.54, 1.807) is 0 Å². The number of nitrogens with one attached hydrogen (secondary N) is 1. The molecule has 3 rings (SSSR count). The quantitative estimate of drug-likeness (QED) is 0.900. The number of nitrogens with zero attached hydrogens (tertiary/aromatic N) is 2. The van der Waals surface area contributed by atoms with E-state index in [1.165, 1.54) is 12.0 Å². The molecular formula is C19H29N3O2. The Morgan fingerprint density at radius 3 is 2.75 bits per heavy atom. The van der Waals surface area contributed by atoms with Crippen molar-refractivity contribution in [2.45, 2.75) is 31.2 Å². The summed E-state index contributed by atoms with van der Waals surface area (Å²) in [5.41, 5.74) is 1.43. The third-order valence-electron chi connectivity index (χ3n) is 5.31. The molecular weight excluding hydrogens is 302 g/mol. The normalized spacial score (nSPS) is 22.5. The van der Waals surface area contributed by atoms with E-state index < -0.39 is 0 Å². The summed E-state index contributed by atoms with van der Waals surface area (Å²) in [5, 5.41) is 3.07. The van der Waals surface area contributed by atoms with Crippen LogP contribution in [-0.4, -0.2) is 68.3 Å². The Hall–Kier alpha value is -1.59. The van der Waals surface area contributed by atoms with E-state index in [4.69, 9.17) is 4.74 Å². The molecule has 0 bridgehead atoms. The maximum Gasteiger partial charge on any atom is 0.317 e. The largest absolute Gasteiger partial charge is 0.381 e. The number of carbonyl (C=O) groups is 1. The van der Waals surface area contributed by atoms with Crippen LogP contribution in [0.5, 0.6) is 0 Å². The van der Waals surface area contributed by atoms with Gasteiger partial charge in [0, 0.05) is 45.9 Å². The van der Waals surface area contributed by atoms with Gasteiger partial charge in [-0.05, 0) is 37.3 Å². The van der Waals surface area contributed by atoms with Crippen LogP contribution in [0.25, 0.3) is 0 Å². The molecule has 2 amide bonds. The molecule has 0 aromatic heterocycles. The van der Waals surface area contributed by atoms with Crippen LogP contribution >= 0.6 is 0 Å². The minimum Gasteiger partial charge on any atom is -0.381 e. The molecule has 0 aliphatic carbocycles. The van der Waals surface area contributed by atoms with E-state index in [2.05, 4.69) is 40.5 Å². The second-order valence-electron chi connectivity index (χ2n) is 6.88. The third-order valence-corrected chi connectivity index (χ3v) is 5.31. The maximum atomic E-state index is 12.3. The zero-order chi connectivity index (χ0) is 16.8. The number of rotatable bonds is 5. The SMILES string of the molecule is CN(C(=O)NCCN1CCC(c2ccccc2)C1)C1CCOCC1. The average Bonchev–Trinajstić information content (AvgIpc) is 3.11. The number of hydrogen-bond donors (Lipinski definition) is 1. The molecule has 0 radical (unpaired) electrons. The molecule has 1 aromatic carbocycles. The van der Waals surface area contributed by atoms with Crippen LogP contribution in [0.3, 0.4) is 0 Å². The molecule has 2 aliphatic heterocycles. The highest BCUT2D eigenvalue weighted by Gasteiger charge is 2.24. The zero-order valence-corrected chi connectivity index (χ0v) is 14.6. The number of ether oxygens (including phenoxy) is 1. The zero-order valence-electron chi connectivity index (χ0n) is 14.6. The minimum atomic E-state index is 0.0423. The van der Waals surface area contributed by atoms with Crippen molar-refractivity contribution in [1.82, 2.24) is 15.1 Å². The first-order valence-corrected chi connectivity index (χ1v) is 9.10. The molecule has 0 spiro atoms. The van der Waals surface area contributed by atoms with E-state index in [1.807, 2.05) is 11.9 Å². The van der Waals surface area contributed by atoms with Gasteiger partial charge in [-0.2, -0.15) is 0 Å². The molecule has 5 heteroatoms. The predicted octanol–water partition coefficient (Wildman–Crippen LogP) is 2.30. The Morgan fingerprint density at radius 2 is 2.00 bits per heavy atom. The van der Waals surface area contributed by atoms with Crippen molar-refractivity contribution in [3.63, 3.8) is 0 Å². The highest BCUT2D eigenvalue weighted by atomic mass is 16.5. The van der Waals surface area contributed by atoms with Gasteiger partial charge in [0.25, 0.3) is 0 Å². The van der Waals surface area contributed by atoms with Crippen molar-refractivity contribution in [3.05, 3.63) is 35.9 Å². The van der Waals surface area contributed by atoms with Crippen molar-refractivity contribution >= 4 is 6.03 Å². The van der Waals surface area contributed by atoms with Crippen LogP contribution in [0, 0.1) is 0 Å². The van der Waals surface area contributed by atoms with Crippen molar-refractivity contribution in [2.75, 3.05) is 46.4 Å². The fourth-order valence-electron chi connectivity index (χ4n) is 3.72.